The molecule has 30 heavy (non-hydrogen) atoms. The Labute approximate surface area is 177 Å². The smallest absolute Gasteiger partial charge is 0.224 e. The van der Waals surface area contributed by atoms with Gasteiger partial charge < -0.3 is 15.0 Å². The number of halogens is 2. The van der Waals surface area contributed by atoms with Gasteiger partial charge in [-0.2, -0.15) is 0 Å². The van der Waals surface area contributed by atoms with Crippen molar-refractivity contribution in [2.45, 2.75) is 64.4 Å². The van der Waals surface area contributed by atoms with Gasteiger partial charge in [0.25, 0.3) is 0 Å². The van der Waals surface area contributed by atoms with Crippen molar-refractivity contribution in [3.8, 4) is 0 Å². The Morgan fingerprint density at radius 3 is 2.27 bits per heavy atom. The van der Waals surface area contributed by atoms with Crippen LogP contribution in [-0.2, 0) is 19.6 Å². The highest BCUT2D eigenvalue weighted by atomic mass is 32.2. The molecule has 1 amide bonds. The minimum absolute atomic E-state index is 0.0496. The summed E-state index contributed by atoms with van der Waals surface area (Å²) in [5.41, 5.74) is -0.0685. The summed E-state index contributed by atoms with van der Waals surface area (Å²) in [4.78, 5) is 13.7. The molecule has 1 aliphatic rings. The average molecular weight is 448 g/mol. The van der Waals surface area contributed by atoms with Crippen LogP contribution in [-0.4, -0.2) is 51.4 Å². The van der Waals surface area contributed by atoms with Crippen LogP contribution in [0.25, 0.3) is 0 Å². The Bertz CT molecular complexity index is 815. The van der Waals surface area contributed by atoms with Crippen LogP contribution in [0.4, 0.5) is 20.2 Å². The van der Waals surface area contributed by atoms with Crippen molar-refractivity contribution in [1.29, 1.82) is 0 Å². The third-order valence-electron chi connectivity index (χ3n) is 4.79. The molecule has 1 heterocycles. The van der Waals surface area contributed by atoms with Crippen LogP contribution in [0, 0.1) is 11.6 Å². The zero-order valence-corrected chi connectivity index (χ0v) is 18.7. The van der Waals surface area contributed by atoms with E-state index in [0.29, 0.717) is 25.9 Å². The second kappa shape index (κ2) is 10.5. The summed E-state index contributed by atoms with van der Waals surface area (Å²) in [6.07, 6.45) is 0.759. The van der Waals surface area contributed by atoms with E-state index in [9.17, 15) is 22.0 Å². The van der Waals surface area contributed by atoms with E-state index >= 15 is 0 Å². The maximum Gasteiger partial charge on any atom is 0.224 e. The summed E-state index contributed by atoms with van der Waals surface area (Å²) in [6, 6.07) is 2.22. The highest BCUT2D eigenvalue weighted by Crippen LogP contribution is 2.29. The van der Waals surface area contributed by atoms with Crippen molar-refractivity contribution in [1.82, 2.24) is 4.72 Å². The van der Waals surface area contributed by atoms with Gasteiger partial charge in [0.05, 0.1) is 17.5 Å². The predicted molar refractivity (Wildman–Crippen MR) is 113 cm³/mol. The number of unbranched alkanes of at least 4 members (excludes halogenated alkanes) is 1. The Morgan fingerprint density at radius 1 is 1.17 bits per heavy atom. The molecule has 1 aromatic carbocycles. The fourth-order valence-electron chi connectivity index (χ4n) is 3.32. The molecule has 0 spiro atoms. The Kier molecular flexibility index (Phi) is 8.57. The third-order valence-corrected chi connectivity index (χ3v) is 6.64. The number of amides is 1. The number of nitrogens with one attached hydrogen (secondary N) is 2. The normalized spacial score (nSPS) is 19.9. The van der Waals surface area contributed by atoms with Gasteiger partial charge in [0, 0.05) is 31.7 Å². The van der Waals surface area contributed by atoms with Gasteiger partial charge in [-0.1, -0.05) is 0 Å². The van der Waals surface area contributed by atoms with Gasteiger partial charge in [-0.25, -0.2) is 21.9 Å². The minimum atomic E-state index is -3.32. The monoisotopic (exact) mass is 447 g/mol. The molecule has 0 aliphatic carbocycles. The van der Waals surface area contributed by atoms with Crippen LogP contribution < -0.4 is 14.9 Å². The molecule has 7 nitrogen and oxygen atoms in total. The number of carbonyl (C=O) groups is 1. The first-order chi connectivity index (χ1) is 14.0. The van der Waals surface area contributed by atoms with Gasteiger partial charge in [-0.15, -0.1) is 0 Å². The number of hydrogen-bond donors (Lipinski definition) is 2. The molecule has 170 valence electrons. The third kappa shape index (κ3) is 6.88. The summed E-state index contributed by atoms with van der Waals surface area (Å²) in [5.74, 6) is -1.87. The number of rotatable bonds is 9. The first-order valence-electron chi connectivity index (χ1n) is 10.2. The summed E-state index contributed by atoms with van der Waals surface area (Å²) >= 11 is 0. The number of sulfonamides is 1. The van der Waals surface area contributed by atoms with Crippen molar-refractivity contribution in [3.63, 3.8) is 0 Å². The quantitative estimate of drug-likeness (QED) is 0.568. The predicted octanol–water partition coefficient (Wildman–Crippen LogP) is 3.02. The fraction of sp³-hybridized carbons (Fsp3) is 0.650. The molecule has 0 unspecified atom stereocenters. The van der Waals surface area contributed by atoms with E-state index in [4.69, 9.17) is 4.74 Å². The van der Waals surface area contributed by atoms with Crippen LogP contribution in [0.2, 0.25) is 0 Å². The van der Waals surface area contributed by atoms with Crippen molar-refractivity contribution >= 4 is 27.3 Å². The number of benzene rings is 1. The maximum absolute atomic E-state index is 14.6. The van der Waals surface area contributed by atoms with E-state index < -0.39 is 26.9 Å². The number of nitrogens with zero attached hydrogens (tertiary/aromatic N) is 1. The number of carbonyl (C=O) groups excluding carboxylic acids is 1. The molecule has 10 heteroatoms. The number of anilines is 2. The molecule has 0 saturated carbocycles. The lowest BCUT2D eigenvalue weighted by atomic mass is 10.1. The second-order valence-electron chi connectivity index (χ2n) is 7.94. The zero-order valence-electron chi connectivity index (χ0n) is 17.9. The molecule has 0 radical (unpaired) electrons. The van der Waals surface area contributed by atoms with E-state index in [2.05, 4.69) is 10.0 Å². The Morgan fingerprint density at radius 2 is 1.73 bits per heavy atom. The number of hydrogen-bond acceptors (Lipinski definition) is 5. The van der Waals surface area contributed by atoms with Crippen LogP contribution in [0.5, 0.6) is 0 Å². The highest BCUT2D eigenvalue weighted by Gasteiger charge is 2.27. The van der Waals surface area contributed by atoms with Gasteiger partial charge >= 0.3 is 0 Å². The van der Waals surface area contributed by atoms with E-state index in [-0.39, 0.29) is 42.5 Å². The number of morpholine rings is 1. The molecule has 0 aromatic heterocycles. The molecular formula is C20H31F2N3O4S. The van der Waals surface area contributed by atoms with Gasteiger partial charge in [0.2, 0.25) is 15.9 Å². The van der Waals surface area contributed by atoms with Gasteiger partial charge in [-0.3, -0.25) is 4.79 Å². The molecule has 2 atom stereocenters. The molecule has 0 bridgehead atoms. The summed E-state index contributed by atoms with van der Waals surface area (Å²) in [7, 11) is -3.32. The Hall–Kier alpha value is -1.78. The Balaban J connectivity index is 1.87. The molecule has 2 rings (SSSR count). The van der Waals surface area contributed by atoms with E-state index in [0.717, 1.165) is 12.1 Å². The largest absolute Gasteiger partial charge is 0.372 e. The standard InChI is InChI=1S/C20H31F2N3O4S/c1-13(2)30(27,28)23-8-6-5-7-19(26)24-16-9-17(21)20(18(22)10-16)25-11-14(3)29-15(4)12-25/h9-10,13-15,23H,5-8,11-12H2,1-4H3,(H,24,26)/t14-,15+. The molecule has 1 aromatic rings. The lowest BCUT2D eigenvalue weighted by molar-refractivity contribution is -0.116. The summed E-state index contributed by atoms with van der Waals surface area (Å²) in [6.45, 7) is 7.86. The minimum Gasteiger partial charge on any atom is -0.372 e. The van der Waals surface area contributed by atoms with E-state index in [1.807, 2.05) is 13.8 Å². The summed E-state index contributed by atoms with van der Waals surface area (Å²) < 4.78 is 60.5. The van der Waals surface area contributed by atoms with Crippen molar-refractivity contribution in [3.05, 3.63) is 23.8 Å². The topological polar surface area (TPSA) is 87.7 Å². The van der Waals surface area contributed by atoms with Crippen LogP contribution >= 0.6 is 0 Å². The first kappa shape index (κ1) is 24.5. The van der Waals surface area contributed by atoms with Gasteiger partial charge in [-0.05, 0) is 52.7 Å². The van der Waals surface area contributed by atoms with E-state index in [1.54, 1.807) is 18.7 Å². The first-order valence-corrected chi connectivity index (χ1v) is 11.7. The van der Waals surface area contributed by atoms with E-state index in [1.165, 1.54) is 0 Å². The molecular weight excluding hydrogens is 416 g/mol. The van der Waals surface area contributed by atoms with Crippen LogP contribution in [0.1, 0.15) is 47.0 Å². The zero-order chi connectivity index (χ0) is 22.5. The van der Waals surface area contributed by atoms with Gasteiger partial charge in [0.15, 0.2) is 11.6 Å². The molecule has 1 fully saturated rings. The second-order valence-corrected chi connectivity index (χ2v) is 10.3. The van der Waals surface area contributed by atoms with Crippen LogP contribution in [0.3, 0.4) is 0 Å². The lowest BCUT2D eigenvalue weighted by Gasteiger charge is -2.37. The SMILES string of the molecule is CC(C)S(=O)(=O)NCCCCC(=O)Nc1cc(F)c(N2C[C@@H](C)O[C@@H](C)C2)c(F)c1. The maximum atomic E-state index is 14.6. The number of ether oxygens (including phenoxy) is 1. The van der Waals surface area contributed by atoms with Crippen molar-refractivity contribution in [2.75, 3.05) is 29.9 Å². The van der Waals surface area contributed by atoms with Crippen LogP contribution in [0.15, 0.2) is 12.1 Å². The lowest BCUT2D eigenvalue weighted by Crippen LogP contribution is -2.46. The molecule has 1 saturated heterocycles. The average Bonchev–Trinajstić information content (AvgIpc) is 2.59. The van der Waals surface area contributed by atoms with Gasteiger partial charge in [0.1, 0.15) is 5.69 Å². The van der Waals surface area contributed by atoms with Crippen molar-refractivity contribution < 1.29 is 26.7 Å². The molecule has 1 aliphatic heterocycles. The highest BCUT2D eigenvalue weighted by molar-refractivity contribution is 7.90. The summed E-state index contributed by atoms with van der Waals surface area (Å²) in [5, 5.41) is 1.98. The van der Waals surface area contributed by atoms with Crippen molar-refractivity contribution in [2.24, 2.45) is 0 Å². The fourth-order valence-corrected chi connectivity index (χ4v) is 4.08. The molecule has 2 N–H and O–H groups in total.